The minimum Gasteiger partial charge on any atom is -0.497 e. The van der Waals surface area contributed by atoms with E-state index in [0.717, 1.165) is 27.6 Å². The summed E-state index contributed by atoms with van der Waals surface area (Å²) in [5, 5.41) is 4.12. The molecule has 0 spiro atoms. The van der Waals surface area contributed by atoms with Crippen LogP contribution in [0.2, 0.25) is 0 Å². The van der Waals surface area contributed by atoms with E-state index in [-0.39, 0.29) is 5.56 Å². The van der Waals surface area contributed by atoms with Crippen LogP contribution in [-0.4, -0.2) is 26.6 Å². The zero-order valence-electron chi connectivity index (χ0n) is 18.1. The third kappa shape index (κ3) is 4.40. The second-order valence-corrected chi connectivity index (χ2v) is 9.21. The van der Waals surface area contributed by atoms with Crippen LogP contribution >= 0.6 is 23.1 Å². The van der Waals surface area contributed by atoms with Crippen LogP contribution in [0.15, 0.2) is 82.2 Å². The molecule has 6 nitrogen and oxygen atoms in total. The fraction of sp³-hybridized carbons (Fsp3) is 0.120. The summed E-state index contributed by atoms with van der Waals surface area (Å²) in [6.45, 7) is 1.97. The Balaban J connectivity index is 1.49. The average molecular weight is 473 g/mol. The first kappa shape index (κ1) is 21.4. The molecular formula is C25H20N4O2S2. The molecule has 0 aliphatic rings. The van der Waals surface area contributed by atoms with Crippen molar-refractivity contribution in [2.24, 2.45) is 0 Å². The van der Waals surface area contributed by atoms with Gasteiger partial charge in [-0.15, -0.1) is 11.3 Å². The Hall–Kier alpha value is -3.49. The molecule has 3 heterocycles. The van der Waals surface area contributed by atoms with Crippen LogP contribution in [0.3, 0.4) is 0 Å². The van der Waals surface area contributed by atoms with Gasteiger partial charge in [-0.1, -0.05) is 42.1 Å². The van der Waals surface area contributed by atoms with Crippen molar-refractivity contribution >= 4 is 34.0 Å². The molecule has 8 heteroatoms. The number of aromatic nitrogens is 4. The quantitative estimate of drug-likeness (QED) is 0.240. The van der Waals surface area contributed by atoms with Crippen LogP contribution in [0.1, 0.15) is 11.3 Å². The lowest BCUT2D eigenvalue weighted by molar-refractivity contribution is 0.415. The number of hydrogen-bond acceptors (Lipinski definition) is 7. The number of rotatable bonds is 6. The van der Waals surface area contributed by atoms with Crippen LogP contribution < -0.4 is 10.3 Å². The number of thioether (sulfide) groups is 1. The van der Waals surface area contributed by atoms with Crippen molar-refractivity contribution in [3.8, 4) is 22.1 Å². The number of nitrogens with zero attached hydrogens (tertiary/aromatic N) is 4. The van der Waals surface area contributed by atoms with Gasteiger partial charge in [0, 0.05) is 22.9 Å². The van der Waals surface area contributed by atoms with E-state index in [0.29, 0.717) is 27.6 Å². The Morgan fingerprint density at radius 1 is 1.06 bits per heavy atom. The summed E-state index contributed by atoms with van der Waals surface area (Å²) < 4.78 is 6.91. The molecular weight excluding hydrogens is 452 g/mol. The molecule has 0 atom stereocenters. The third-order valence-electron chi connectivity index (χ3n) is 5.09. The second-order valence-electron chi connectivity index (χ2n) is 7.41. The molecule has 164 valence electrons. The fourth-order valence-corrected chi connectivity index (χ4v) is 5.22. The summed E-state index contributed by atoms with van der Waals surface area (Å²) in [5.41, 5.74) is 3.51. The maximum absolute atomic E-state index is 13.3. The second kappa shape index (κ2) is 9.17. The zero-order chi connectivity index (χ0) is 22.8. The summed E-state index contributed by atoms with van der Waals surface area (Å²) in [7, 11) is 1.65. The SMILES string of the molecule is COc1cccc(-c2nc(CSc3nc4ccccc4c(=O)n3-c3ccc(C)cn3)cs2)c1. The molecule has 0 amide bonds. The molecule has 0 aliphatic heterocycles. The summed E-state index contributed by atoms with van der Waals surface area (Å²) in [6, 6.07) is 19.0. The van der Waals surface area contributed by atoms with Gasteiger partial charge in [0.2, 0.25) is 0 Å². The predicted octanol–water partition coefficient (Wildman–Crippen LogP) is 5.51. The average Bonchev–Trinajstić information content (AvgIpc) is 3.33. The molecule has 0 fully saturated rings. The number of pyridine rings is 1. The first-order valence-electron chi connectivity index (χ1n) is 10.3. The van der Waals surface area contributed by atoms with Gasteiger partial charge in [0.1, 0.15) is 16.6 Å². The van der Waals surface area contributed by atoms with E-state index in [9.17, 15) is 4.79 Å². The number of para-hydroxylation sites is 1. The lowest BCUT2D eigenvalue weighted by Gasteiger charge is -2.12. The molecule has 33 heavy (non-hydrogen) atoms. The molecule has 0 saturated heterocycles. The van der Waals surface area contributed by atoms with Gasteiger partial charge < -0.3 is 4.74 Å². The standard InChI is InChI=1S/C25H20N4O2S2/c1-16-10-11-22(26-13-16)29-24(30)20-8-3-4-9-21(20)28-25(29)33-15-18-14-32-23(27-18)17-6-5-7-19(12-17)31-2/h3-14H,15H2,1-2H3. The van der Waals surface area contributed by atoms with Gasteiger partial charge in [-0.05, 0) is 42.8 Å². The first-order chi connectivity index (χ1) is 16.1. The Kier molecular flexibility index (Phi) is 5.93. The van der Waals surface area contributed by atoms with E-state index in [1.54, 1.807) is 35.3 Å². The maximum Gasteiger partial charge on any atom is 0.267 e. The highest BCUT2D eigenvalue weighted by Crippen LogP contribution is 2.30. The summed E-state index contributed by atoms with van der Waals surface area (Å²) in [4.78, 5) is 27.4. The smallest absolute Gasteiger partial charge is 0.267 e. The molecule has 0 N–H and O–H groups in total. The van der Waals surface area contributed by atoms with Gasteiger partial charge in [0.25, 0.3) is 5.56 Å². The number of fused-ring (bicyclic) bond motifs is 1. The van der Waals surface area contributed by atoms with Gasteiger partial charge in [-0.2, -0.15) is 0 Å². The maximum atomic E-state index is 13.3. The van der Waals surface area contributed by atoms with Gasteiger partial charge in [0.15, 0.2) is 5.16 Å². The number of methoxy groups -OCH3 is 1. The highest BCUT2D eigenvalue weighted by molar-refractivity contribution is 7.98. The third-order valence-corrected chi connectivity index (χ3v) is 7.00. The van der Waals surface area contributed by atoms with E-state index in [2.05, 4.69) is 4.98 Å². The fourth-order valence-electron chi connectivity index (χ4n) is 3.40. The Morgan fingerprint density at radius 2 is 1.94 bits per heavy atom. The summed E-state index contributed by atoms with van der Waals surface area (Å²) in [5.74, 6) is 1.94. The van der Waals surface area contributed by atoms with E-state index in [1.807, 2.05) is 66.9 Å². The lowest BCUT2D eigenvalue weighted by Crippen LogP contribution is -2.22. The highest BCUT2D eigenvalue weighted by atomic mass is 32.2. The highest BCUT2D eigenvalue weighted by Gasteiger charge is 2.15. The van der Waals surface area contributed by atoms with Crippen molar-refractivity contribution in [3.05, 3.63) is 93.9 Å². The van der Waals surface area contributed by atoms with Crippen LogP contribution in [0.4, 0.5) is 0 Å². The molecule has 0 aliphatic carbocycles. The molecule has 3 aromatic heterocycles. The Labute approximate surface area is 199 Å². The lowest BCUT2D eigenvalue weighted by atomic mass is 10.2. The number of benzene rings is 2. The largest absolute Gasteiger partial charge is 0.497 e. The van der Waals surface area contributed by atoms with Crippen molar-refractivity contribution in [3.63, 3.8) is 0 Å². The van der Waals surface area contributed by atoms with Gasteiger partial charge in [0.05, 0.1) is 23.7 Å². The van der Waals surface area contributed by atoms with Crippen molar-refractivity contribution in [2.75, 3.05) is 7.11 Å². The Morgan fingerprint density at radius 3 is 2.76 bits per heavy atom. The van der Waals surface area contributed by atoms with Gasteiger partial charge in [-0.3, -0.25) is 4.79 Å². The van der Waals surface area contributed by atoms with Crippen LogP contribution in [-0.2, 0) is 5.75 Å². The van der Waals surface area contributed by atoms with Crippen molar-refractivity contribution in [2.45, 2.75) is 17.8 Å². The summed E-state index contributed by atoms with van der Waals surface area (Å²) >= 11 is 3.06. The molecule has 2 aromatic carbocycles. The van der Waals surface area contributed by atoms with Crippen molar-refractivity contribution in [1.29, 1.82) is 0 Å². The van der Waals surface area contributed by atoms with Crippen molar-refractivity contribution in [1.82, 2.24) is 19.5 Å². The van der Waals surface area contributed by atoms with Crippen LogP contribution in [0.25, 0.3) is 27.3 Å². The molecule has 5 aromatic rings. The minimum atomic E-state index is -0.130. The van der Waals surface area contributed by atoms with Crippen LogP contribution in [0, 0.1) is 6.92 Å². The van der Waals surface area contributed by atoms with E-state index < -0.39 is 0 Å². The van der Waals surface area contributed by atoms with E-state index >= 15 is 0 Å². The predicted molar refractivity (Wildman–Crippen MR) is 134 cm³/mol. The normalized spacial score (nSPS) is 11.1. The zero-order valence-corrected chi connectivity index (χ0v) is 19.7. The summed E-state index contributed by atoms with van der Waals surface area (Å²) in [6.07, 6.45) is 1.76. The number of hydrogen-bond donors (Lipinski definition) is 0. The first-order valence-corrected chi connectivity index (χ1v) is 12.2. The molecule has 5 rings (SSSR count). The molecule has 0 bridgehead atoms. The molecule has 0 unspecified atom stereocenters. The Bertz CT molecular complexity index is 1490. The van der Waals surface area contributed by atoms with E-state index in [4.69, 9.17) is 14.7 Å². The van der Waals surface area contributed by atoms with Crippen molar-refractivity contribution < 1.29 is 4.74 Å². The van der Waals surface area contributed by atoms with Gasteiger partial charge in [-0.25, -0.2) is 19.5 Å². The number of aryl methyl sites for hydroxylation is 1. The van der Waals surface area contributed by atoms with E-state index in [1.165, 1.54) is 11.8 Å². The monoisotopic (exact) mass is 472 g/mol. The number of ether oxygens (including phenoxy) is 1. The van der Waals surface area contributed by atoms with Crippen LogP contribution in [0.5, 0.6) is 5.75 Å². The topological polar surface area (TPSA) is 69.9 Å². The molecule has 0 radical (unpaired) electrons. The van der Waals surface area contributed by atoms with Gasteiger partial charge >= 0.3 is 0 Å². The number of thiazole rings is 1. The minimum absolute atomic E-state index is 0.130. The molecule has 0 saturated carbocycles.